The average molecular weight is 606 g/mol. The van der Waals surface area contributed by atoms with E-state index in [1.165, 1.54) is 36.0 Å². The van der Waals surface area contributed by atoms with Crippen LogP contribution >= 0.6 is 0 Å². The number of nitrogens with zero attached hydrogens (tertiary/aromatic N) is 5. The molecule has 13 nitrogen and oxygen atoms in total. The van der Waals surface area contributed by atoms with Crippen LogP contribution in [0, 0.1) is 5.82 Å². The van der Waals surface area contributed by atoms with Gasteiger partial charge in [-0.2, -0.15) is 0 Å². The van der Waals surface area contributed by atoms with Crippen LogP contribution in [0.5, 0.6) is 5.75 Å². The maximum Gasteiger partial charge on any atom is 0.258 e. The molecule has 0 spiro atoms. The van der Waals surface area contributed by atoms with E-state index in [1.807, 2.05) is 19.0 Å². The second kappa shape index (κ2) is 15.1. The van der Waals surface area contributed by atoms with Gasteiger partial charge in [-0.3, -0.25) is 24.0 Å². The molecule has 5 amide bonds. The van der Waals surface area contributed by atoms with E-state index in [1.54, 1.807) is 23.9 Å². The number of rotatable bonds is 7. The van der Waals surface area contributed by atoms with Crippen LogP contribution < -0.4 is 15.4 Å². The lowest BCUT2D eigenvalue weighted by Crippen LogP contribution is -2.49. The number of benzene rings is 1. The Balaban J connectivity index is 1.91. The molecule has 2 aliphatic rings. The first-order chi connectivity index (χ1) is 20.3. The van der Waals surface area contributed by atoms with Gasteiger partial charge in [-0.25, -0.2) is 4.39 Å². The van der Waals surface area contributed by atoms with Crippen LogP contribution in [-0.2, 0) is 19.2 Å². The van der Waals surface area contributed by atoms with Crippen LogP contribution in [0.4, 0.5) is 4.39 Å². The van der Waals surface area contributed by atoms with Gasteiger partial charge in [-0.15, -0.1) is 0 Å². The Labute approximate surface area is 252 Å². The Morgan fingerprint density at radius 2 is 1.79 bits per heavy atom. The monoisotopic (exact) mass is 605 g/mol. The first-order valence-electron chi connectivity index (χ1n) is 14.4. The number of hydrogen-bond acceptors (Lipinski definition) is 8. The van der Waals surface area contributed by atoms with E-state index in [2.05, 4.69) is 10.6 Å². The maximum absolute atomic E-state index is 14.4. The molecule has 1 saturated heterocycles. The van der Waals surface area contributed by atoms with Gasteiger partial charge >= 0.3 is 0 Å². The van der Waals surface area contributed by atoms with Crippen molar-refractivity contribution < 1.29 is 33.1 Å². The molecule has 1 fully saturated rings. The highest BCUT2D eigenvalue weighted by Gasteiger charge is 2.38. The molecule has 14 heteroatoms. The smallest absolute Gasteiger partial charge is 0.258 e. The van der Waals surface area contributed by atoms with E-state index < -0.39 is 29.7 Å². The number of hydrogen-bond donors (Lipinski definition) is 2. The van der Waals surface area contributed by atoms with Gasteiger partial charge in [-0.1, -0.05) is 0 Å². The number of likely N-dealkylation sites (N-methyl/N-ethyl adjacent to an activating group) is 4. The largest absolute Gasteiger partial charge is 0.491 e. The normalized spacial score (nSPS) is 22.1. The molecule has 2 heterocycles. The number of carbonyl (C=O) groups excluding carboxylic acids is 5. The lowest BCUT2D eigenvalue weighted by molar-refractivity contribution is -0.140. The number of halogens is 1. The zero-order valence-electron chi connectivity index (χ0n) is 25.9. The third-order valence-electron chi connectivity index (χ3n) is 7.54. The Kier molecular flexibility index (Phi) is 11.8. The van der Waals surface area contributed by atoms with Gasteiger partial charge < -0.3 is 39.9 Å². The molecule has 0 radical (unpaired) electrons. The van der Waals surface area contributed by atoms with Crippen molar-refractivity contribution in [2.24, 2.45) is 0 Å². The van der Waals surface area contributed by atoms with Gasteiger partial charge in [0.05, 0.1) is 24.7 Å². The SMILES string of the molecule is CN(C)CCNC(=O)[C@@H]1CCC(=O)N(C)CC(=O)N2C[C@@H](NC(=O)CN(C)C)C[C@H]2COc2ccc(F)cc2C(=O)N1C. The van der Waals surface area contributed by atoms with Gasteiger partial charge in [0.2, 0.25) is 23.6 Å². The summed E-state index contributed by atoms with van der Waals surface area (Å²) in [5.41, 5.74) is -0.0846. The van der Waals surface area contributed by atoms with Gasteiger partial charge in [0.1, 0.15) is 24.2 Å². The van der Waals surface area contributed by atoms with E-state index in [4.69, 9.17) is 4.74 Å². The van der Waals surface area contributed by atoms with Crippen molar-refractivity contribution in [2.75, 3.05) is 81.6 Å². The third-order valence-corrected chi connectivity index (χ3v) is 7.54. The number of fused-ring (bicyclic) bond motifs is 2. The first-order valence-corrected chi connectivity index (χ1v) is 14.4. The number of nitrogens with one attached hydrogen (secondary N) is 2. The number of amides is 5. The van der Waals surface area contributed by atoms with Crippen molar-refractivity contribution in [1.82, 2.24) is 35.1 Å². The molecule has 0 bridgehead atoms. The summed E-state index contributed by atoms with van der Waals surface area (Å²) in [5, 5.41) is 5.75. The predicted molar refractivity (Wildman–Crippen MR) is 157 cm³/mol. The molecule has 238 valence electrons. The molecule has 2 N–H and O–H groups in total. The lowest BCUT2D eigenvalue weighted by Gasteiger charge is -2.28. The Bertz CT molecular complexity index is 1200. The summed E-state index contributed by atoms with van der Waals surface area (Å²) in [7, 11) is 10.2. The maximum atomic E-state index is 14.4. The molecule has 3 rings (SSSR count). The van der Waals surface area contributed by atoms with Crippen LogP contribution in [0.15, 0.2) is 18.2 Å². The highest BCUT2D eigenvalue weighted by Crippen LogP contribution is 2.26. The minimum atomic E-state index is -1.03. The molecule has 0 aromatic heterocycles. The van der Waals surface area contributed by atoms with E-state index in [-0.39, 0.29) is 74.2 Å². The molecular weight excluding hydrogens is 561 g/mol. The Morgan fingerprint density at radius 3 is 2.47 bits per heavy atom. The minimum Gasteiger partial charge on any atom is -0.491 e. The molecule has 0 saturated carbocycles. The fourth-order valence-electron chi connectivity index (χ4n) is 5.21. The highest BCUT2D eigenvalue weighted by atomic mass is 19.1. The fraction of sp³-hybridized carbons (Fsp3) is 0.621. The van der Waals surface area contributed by atoms with Crippen LogP contribution in [0.25, 0.3) is 0 Å². The molecular formula is C29H44FN7O6. The predicted octanol–water partition coefficient (Wildman–Crippen LogP) is -0.778. The van der Waals surface area contributed by atoms with Crippen molar-refractivity contribution in [2.45, 2.75) is 37.4 Å². The first kappa shape index (κ1) is 33.7. The van der Waals surface area contributed by atoms with E-state index in [9.17, 15) is 28.4 Å². The minimum absolute atomic E-state index is 0.00870. The molecule has 1 aromatic carbocycles. The topological polar surface area (TPSA) is 135 Å². The number of ether oxygens (including phenoxy) is 1. The average Bonchev–Trinajstić information content (AvgIpc) is 3.32. The molecule has 0 aliphatic carbocycles. The second-order valence-corrected chi connectivity index (χ2v) is 11.7. The summed E-state index contributed by atoms with van der Waals surface area (Å²) in [4.78, 5) is 73.5. The molecule has 3 atom stereocenters. The zero-order chi connectivity index (χ0) is 31.8. The van der Waals surface area contributed by atoms with Gasteiger partial charge in [0.25, 0.3) is 5.91 Å². The fourth-order valence-corrected chi connectivity index (χ4v) is 5.21. The third kappa shape index (κ3) is 9.35. The van der Waals surface area contributed by atoms with Crippen molar-refractivity contribution >= 4 is 29.5 Å². The summed E-state index contributed by atoms with van der Waals surface area (Å²) in [6, 6.07) is 1.72. The van der Waals surface area contributed by atoms with Crippen LogP contribution in [0.1, 0.15) is 29.6 Å². The molecule has 0 unspecified atom stereocenters. The van der Waals surface area contributed by atoms with Crippen LogP contribution in [0.3, 0.4) is 0 Å². The quantitative estimate of drug-likeness (QED) is 0.414. The van der Waals surface area contributed by atoms with Crippen molar-refractivity contribution in [3.63, 3.8) is 0 Å². The highest BCUT2D eigenvalue weighted by molar-refractivity contribution is 5.99. The van der Waals surface area contributed by atoms with Gasteiger partial charge in [0.15, 0.2) is 0 Å². The molecule has 43 heavy (non-hydrogen) atoms. The van der Waals surface area contributed by atoms with E-state index >= 15 is 0 Å². The summed E-state index contributed by atoms with van der Waals surface area (Å²) >= 11 is 0. The van der Waals surface area contributed by atoms with Gasteiger partial charge in [-0.05, 0) is 59.2 Å². The standard InChI is InChI=1S/C29H44FN7O6/c1-33(2)12-11-31-28(41)23-8-10-26(39)35(5)17-27(40)37-15-20(32-25(38)16-34(3)4)14-21(37)18-43-24-9-7-19(30)13-22(24)29(42)36(23)6/h7,9,13,20-21,23H,8,10-12,14-18H2,1-6H3,(H,31,41)(H,32,38)/t20-,21-,23-/m0/s1. The molecule has 1 aromatic rings. The van der Waals surface area contributed by atoms with Crippen LogP contribution in [-0.4, -0.2) is 154 Å². The van der Waals surface area contributed by atoms with Crippen molar-refractivity contribution in [1.29, 1.82) is 0 Å². The second-order valence-electron chi connectivity index (χ2n) is 11.7. The molecule has 2 aliphatic heterocycles. The summed E-state index contributed by atoms with van der Waals surface area (Å²) < 4.78 is 20.4. The number of carbonyl (C=O) groups is 5. The summed E-state index contributed by atoms with van der Waals surface area (Å²) in [6.07, 6.45) is 0.277. The van der Waals surface area contributed by atoms with Crippen molar-refractivity contribution in [3.05, 3.63) is 29.6 Å². The summed E-state index contributed by atoms with van der Waals surface area (Å²) in [6.45, 7) is 1.07. The van der Waals surface area contributed by atoms with Crippen molar-refractivity contribution in [3.8, 4) is 5.75 Å². The van der Waals surface area contributed by atoms with Crippen LogP contribution in [0.2, 0.25) is 0 Å². The Hall–Kier alpha value is -3.78. The summed E-state index contributed by atoms with van der Waals surface area (Å²) in [5.74, 6) is -2.54. The zero-order valence-corrected chi connectivity index (χ0v) is 25.9. The van der Waals surface area contributed by atoms with E-state index in [0.29, 0.717) is 19.5 Å². The Morgan fingerprint density at radius 1 is 1.07 bits per heavy atom. The van der Waals surface area contributed by atoms with Gasteiger partial charge in [0, 0.05) is 46.2 Å². The lowest BCUT2D eigenvalue weighted by atomic mass is 10.1. The van der Waals surface area contributed by atoms with E-state index in [0.717, 1.165) is 6.07 Å².